The van der Waals surface area contributed by atoms with E-state index in [4.69, 9.17) is 5.73 Å². The second kappa shape index (κ2) is 7.10. The van der Waals surface area contributed by atoms with Crippen LogP contribution < -0.4 is 21.7 Å². The van der Waals surface area contributed by atoms with E-state index in [1.54, 1.807) is 18.3 Å². The molecular weight excluding hydrogens is 234 g/mol. The lowest BCUT2D eigenvalue weighted by Gasteiger charge is -2.09. The predicted molar refractivity (Wildman–Crippen MR) is 68.3 cm³/mol. The summed E-state index contributed by atoms with van der Waals surface area (Å²) in [6.07, 6.45) is 1.61. The van der Waals surface area contributed by atoms with E-state index in [1.165, 1.54) is 0 Å². The van der Waals surface area contributed by atoms with Crippen molar-refractivity contribution in [3.8, 4) is 0 Å². The van der Waals surface area contributed by atoms with Gasteiger partial charge in [0.2, 0.25) is 0 Å². The van der Waals surface area contributed by atoms with E-state index < -0.39 is 6.03 Å². The predicted octanol–water partition coefficient (Wildman–Crippen LogP) is -0.0885. The number of rotatable bonds is 6. The number of anilines is 1. The summed E-state index contributed by atoms with van der Waals surface area (Å²) in [5.41, 5.74) is 5.37. The van der Waals surface area contributed by atoms with Gasteiger partial charge in [0.05, 0.1) is 5.56 Å². The summed E-state index contributed by atoms with van der Waals surface area (Å²) in [6, 6.07) is 2.76. The van der Waals surface area contributed by atoms with Gasteiger partial charge in [-0.1, -0.05) is 0 Å². The highest BCUT2D eigenvalue weighted by Crippen LogP contribution is 2.10. The minimum atomic E-state index is -0.612. The van der Waals surface area contributed by atoms with E-state index in [0.29, 0.717) is 24.5 Å². The third kappa shape index (κ3) is 4.28. The van der Waals surface area contributed by atoms with Gasteiger partial charge in [0.1, 0.15) is 5.82 Å². The second-order valence-electron chi connectivity index (χ2n) is 3.48. The first kappa shape index (κ1) is 13.8. The number of nitrogens with one attached hydrogen (secondary N) is 3. The van der Waals surface area contributed by atoms with E-state index in [-0.39, 0.29) is 12.5 Å². The fraction of sp³-hybridized carbons (Fsp3) is 0.364. The zero-order valence-corrected chi connectivity index (χ0v) is 10.2. The van der Waals surface area contributed by atoms with Gasteiger partial charge in [0, 0.05) is 25.8 Å². The van der Waals surface area contributed by atoms with E-state index >= 15 is 0 Å². The van der Waals surface area contributed by atoms with Crippen LogP contribution >= 0.6 is 0 Å². The normalized spacial score (nSPS) is 9.61. The Bertz CT molecular complexity index is 422. The molecule has 0 fully saturated rings. The third-order valence-electron chi connectivity index (χ3n) is 2.11. The van der Waals surface area contributed by atoms with Crippen LogP contribution in [0.1, 0.15) is 17.3 Å². The first-order chi connectivity index (χ1) is 8.65. The largest absolute Gasteiger partial charge is 0.370 e. The lowest BCUT2D eigenvalue weighted by Crippen LogP contribution is -2.37. The molecule has 0 unspecified atom stereocenters. The maximum atomic E-state index is 11.8. The molecule has 0 radical (unpaired) electrons. The highest BCUT2D eigenvalue weighted by Gasteiger charge is 2.10. The van der Waals surface area contributed by atoms with E-state index in [2.05, 4.69) is 20.9 Å². The zero-order chi connectivity index (χ0) is 13.4. The number of nitrogens with zero attached hydrogens (tertiary/aromatic N) is 1. The molecule has 0 aromatic carbocycles. The molecule has 18 heavy (non-hydrogen) atoms. The molecule has 1 heterocycles. The summed E-state index contributed by atoms with van der Waals surface area (Å²) in [5.74, 6) is 0.297. The Morgan fingerprint density at radius 1 is 1.33 bits per heavy atom. The summed E-state index contributed by atoms with van der Waals surface area (Å²) >= 11 is 0. The number of hydrogen-bond donors (Lipinski definition) is 4. The zero-order valence-electron chi connectivity index (χ0n) is 10.2. The number of amides is 3. The summed E-state index contributed by atoms with van der Waals surface area (Å²) in [7, 11) is 0. The first-order valence-electron chi connectivity index (χ1n) is 5.65. The van der Waals surface area contributed by atoms with Crippen molar-refractivity contribution in [2.24, 2.45) is 5.73 Å². The monoisotopic (exact) mass is 251 g/mol. The number of pyridine rings is 1. The maximum absolute atomic E-state index is 11.8. The number of primary amides is 1. The van der Waals surface area contributed by atoms with E-state index in [9.17, 15) is 9.59 Å². The molecule has 0 aliphatic rings. The van der Waals surface area contributed by atoms with Gasteiger partial charge in [-0.15, -0.1) is 0 Å². The summed E-state index contributed by atoms with van der Waals surface area (Å²) < 4.78 is 0. The van der Waals surface area contributed by atoms with Crippen LogP contribution in [0.15, 0.2) is 18.3 Å². The van der Waals surface area contributed by atoms with Crippen LogP contribution in [0.3, 0.4) is 0 Å². The van der Waals surface area contributed by atoms with Crippen LogP contribution in [-0.4, -0.2) is 36.6 Å². The number of aromatic nitrogens is 1. The number of nitrogens with two attached hydrogens (primary N) is 1. The average Bonchev–Trinajstić information content (AvgIpc) is 2.35. The molecule has 0 atom stereocenters. The maximum Gasteiger partial charge on any atom is 0.312 e. The molecule has 1 aromatic heterocycles. The van der Waals surface area contributed by atoms with Crippen LogP contribution in [-0.2, 0) is 0 Å². The third-order valence-corrected chi connectivity index (χ3v) is 2.11. The minimum Gasteiger partial charge on any atom is -0.370 e. The SMILES string of the molecule is CCNc1ncccc1C(=O)NCCNC(N)=O. The standard InChI is InChI=1S/C11H17N5O2/c1-2-13-9-8(4-3-5-14-9)10(17)15-6-7-16-11(12)18/h3-5H,2,6-7H2,1H3,(H,13,14)(H,15,17)(H3,12,16,18). The minimum absolute atomic E-state index is 0.245. The molecular formula is C11H17N5O2. The van der Waals surface area contributed by atoms with Gasteiger partial charge >= 0.3 is 6.03 Å². The molecule has 7 heteroatoms. The Labute approximate surface area is 105 Å². The highest BCUT2D eigenvalue weighted by atomic mass is 16.2. The number of urea groups is 1. The lowest BCUT2D eigenvalue weighted by atomic mass is 10.2. The molecule has 0 bridgehead atoms. The Morgan fingerprint density at radius 3 is 2.72 bits per heavy atom. The molecule has 1 rings (SSSR count). The van der Waals surface area contributed by atoms with Crippen LogP contribution in [0.2, 0.25) is 0 Å². The van der Waals surface area contributed by atoms with Gasteiger partial charge in [-0.3, -0.25) is 4.79 Å². The number of carbonyl (C=O) groups is 2. The van der Waals surface area contributed by atoms with Crippen LogP contribution in [0.5, 0.6) is 0 Å². The molecule has 0 saturated carbocycles. The van der Waals surface area contributed by atoms with Gasteiger partial charge in [0.25, 0.3) is 5.91 Å². The molecule has 0 saturated heterocycles. The molecule has 0 spiro atoms. The van der Waals surface area contributed by atoms with Crippen molar-refractivity contribution in [1.82, 2.24) is 15.6 Å². The van der Waals surface area contributed by atoms with Gasteiger partial charge in [0.15, 0.2) is 0 Å². The van der Waals surface area contributed by atoms with Gasteiger partial charge in [-0.05, 0) is 19.1 Å². The average molecular weight is 251 g/mol. The molecule has 1 aromatic rings. The second-order valence-corrected chi connectivity index (χ2v) is 3.48. The Kier molecular flexibility index (Phi) is 5.43. The van der Waals surface area contributed by atoms with Crippen molar-refractivity contribution in [3.05, 3.63) is 23.9 Å². The fourth-order valence-electron chi connectivity index (χ4n) is 1.35. The Morgan fingerprint density at radius 2 is 2.06 bits per heavy atom. The Hall–Kier alpha value is -2.31. The van der Waals surface area contributed by atoms with Crippen LogP contribution in [0.4, 0.5) is 10.6 Å². The van der Waals surface area contributed by atoms with Crippen molar-refractivity contribution >= 4 is 17.8 Å². The fourth-order valence-corrected chi connectivity index (χ4v) is 1.35. The van der Waals surface area contributed by atoms with Crippen molar-refractivity contribution in [2.75, 3.05) is 25.0 Å². The van der Waals surface area contributed by atoms with Crippen molar-refractivity contribution < 1.29 is 9.59 Å². The van der Waals surface area contributed by atoms with Gasteiger partial charge < -0.3 is 21.7 Å². The van der Waals surface area contributed by atoms with Crippen molar-refractivity contribution in [3.63, 3.8) is 0 Å². The number of hydrogen-bond acceptors (Lipinski definition) is 4. The summed E-state index contributed by atoms with van der Waals surface area (Å²) in [4.78, 5) is 26.4. The molecule has 0 aliphatic heterocycles. The Balaban J connectivity index is 2.53. The van der Waals surface area contributed by atoms with E-state index in [0.717, 1.165) is 0 Å². The van der Waals surface area contributed by atoms with E-state index in [1.807, 2.05) is 6.92 Å². The molecule has 98 valence electrons. The molecule has 7 nitrogen and oxygen atoms in total. The topological polar surface area (TPSA) is 109 Å². The lowest BCUT2D eigenvalue weighted by molar-refractivity contribution is 0.0954. The number of carbonyl (C=O) groups excluding carboxylic acids is 2. The molecule has 5 N–H and O–H groups in total. The first-order valence-corrected chi connectivity index (χ1v) is 5.65. The van der Waals surface area contributed by atoms with Crippen molar-refractivity contribution in [2.45, 2.75) is 6.92 Å². The molecule has 3 amide bonds. The quantitative estimate of drug-likeness (QED) is 0.530. The van der Waals surface area contributed by atoms with Gasteiger partial charge in [-0.25, -0.2) is 9.78 Å². The smallest absolute Gasteiger partial charge is 0.312 e. The van der Waals surface area contributed by atoms with Crippen LogP contribution in [0, 0.1) is 0 Å². The van der Waals surface area contributed by atoms with Crippen molar-refractivity contribution in [1.29, 1.82) is 0 Å². The summed E-state index contributed by atoms with van der Waals surface area (Å²) in [6.45, 7) is 3.20. The molecule has 0 aliphatic carbocycles. The highest BCUT2D eigenvalue weighted by molar-refractivity contribution is 5.98. The van der Waals surface area contributed by atoms with Crippen LogP contribution in [0.25, 0.3) is 0 Å². The summed E-state index contributed by atoms with van der Waals surface area (Å²) in [5, 5.41) is 8.05. The van der Waals surface area contributed by atoms with Gasteiger partial charge in [-0.2, -0.15) is 0 Å².